The van der Waals surface area contributed by atoms with Crippen LogP contribution in [0.3, 0.4) is 0 Å². The molecule has 2 aliphatic heterocycles. The molecule has 4 rings (SSSR count). The number of nitrogens with one attached hydrogen (secondary N) is 1. The fourth-order valence-corrected chi connectivity index (χ4v) is 4.56. The van der Waals surface area contributed by atoms with Crippen LogP contribution in [0.1, 0.15) is 30.7 Å². The van der Waals surface area contributed by atoms with Crippen molar-refractivity contribution in [3.63, 3.8) is 0 Å². The van der Waals surface area contributed by atoms with Gasteiger partial charge < -0.3 is 15.0 Å². The molecule has 2 unspecified atom stereocenters. The molecule has 1 aromatic carbocycles. The van der Waals surface area contributed by atoms with Crippen molar-refractivity contribution in [2.45, 2.75) is 25.2 Å². The summed E-state index contributed by atoms with van der Waals surface area (Å²) in [6.07, 6.45) is 2.21. The minimum atomic E-state index is -0.481. The van der Waals surface area contributed by atoms with Gasteiger partial charge in [0.1, 0.15) is 0 Å². The molecular formula is C21H23BrN2O3. The van der Waals surface area contributed by atoms with E-state index in [1.807, 2.05) is 29.2 Å². The predicted octanol–water partition coefficient (Wildman–Crippen LogP) is 3.13. The third-order valence-electron chi connectivity index (χ3n) is 5.61. The Labute approximate surface area is 167 Å². The molecular weight excluding hydrogens is 408 g/mol. The average molecular weight is 431 g/mol. The fraction of sp³-hybridized carbons (Fsp3) is 0.429. The van der Waals surface area contributed by atoms with Crippen molar-refractivity contribution in [2.24, 2.45) is 5.92 Å². The molecule has 5 nitrogen and oxygen atoms in total. The molecule has 2 atom stereocenters. The molecule has 1 fully saturated rings. The van der Waals surface area contributed by atoms with Crippen LogP contribution in [0.15, 0.2) is 52.3 Å². The van der Waals surface area contributed by atoms with Crippen LogP contribution in [0.2, 0.25) is 0 Å². The first kappa shape index (κ1) is 18.4. The number of rotatable bonds is 2. The second kappa shape index (κ2) is 7.60. The zero-order valence-corrected chi connectivity index (χ0v) is 16.8. The molecule has 3 aliphatic rings. The average Bonchev–Trinajstić information content (AvgIpc) is 2.68. The van der Waals surface area contributed by atoms with Crippen LogP contribution < -0.4 is 5.32 Å². The first-order valence-electron chi connectivity index (χ1n) is 9.40. The molecule has 1 amide bonds. The number of allylic oxidation sites excluding steroid dienone is 2. The number of benzene rings is 1. The van der Waals surface area contributed by atoms with Gasteiger partial charge in [0.25, 0.3) is 0 Å². The van der Waals surface area contributed by atoms with E-state index in [-0.39, 0.29) is 17.6 Å². The Morgan fingerprint density at radius 1 is 1.19 bits per heavy atom. The van der Waals surface area contributed by atoms with Crippen molar-refractivity contribution in [2.75, 3.05) is 26.3 Å². The van der Waals surface area contributed by atoms with Gasteiger partial charge in [-0.05, 0) is 30.5 Å². The highest BCUT2D eigenvalue weighted by Crippen LogP contribution is 2.44. The molecule has 1 aliphatic carbocycles. The summed E-state index contributed by atoms with van der Waals surface area (Å²) < 4.78 is 6.36. The number of halogens is 1. The Morgan fingerprint density at radius 3 is 2.59 bits per heavy atom. The quantitative estimate of drug-likeness (QED) is 0.782. The lowest BCUT2D eigenvalue weighted by atomic mass is 9.71. The molecule has 0 bridgehead atoms. The highest BCUT2D eigenvalue weighted by molar-refractivity contribution is 9.10. The molecule has 1 aromatic rings. The first-order chi connectivity index (χ1) is 13.1. The maximum absolute atomic E-state index is 13.4. The van der Waals surface area contributed by atoms with Gasteiger partial charge >= 0.3 is 0 Å². The van der Waals surface area contributed by atoms with Crippen LogP contribution in [0.5, 0.6) is 0 Å². The number of hydrogen-bond donors (Lipinski definition) is 1. The van der Waals surface area contributed by atoms with Gasteiger partial charge in [-0.3, -0.25) is 9.59 Å². The number of morpholine rings is 1. The predicted molar refractivity (Wildman–Crippen MR) is 106 cm³/mol. The van der Waals surface area contributed by atoms with Gasteiger partial charge in [0.15, 0.2) is 5.78 Å². The van der Waals surface area contributed by atoms with E-state index in [0.29, 0.717) is 38.4 Å². The van der Waals surface area contributed by atoms with Gasteiger partial charge in [-0.2, -0.15) is 0 Å². The summed E-state index contributed by atoms with van der Waals surface area (Å²) in [7, 11) is 0. The smallest absolute Gasteiger partial charge is 0.232 e. The summed E-state index contributed by atoms with van der Waals surface area (Å²) in [4.78, 5) is 28.1. The highest BCUT2D eigenvalue weighted by atomic mass is 79.9. The molecule has 142 valence electrons. The summed E-state index contributed by atoms with van der Waals surface area (Å²) in [5, 5.41) is 3.31. The Hall–Kier alpha value is -1.92. The van der Waals surface area contributed by atoms with E-state index >= 15 is 0 Å². The Kier molecular flexibility index (Phi) is 5.19. The molecule has 27 heavy (non-hydrogen) atoms. The van der Waals surface area contributed by atoms with Gasteiger partial charge in [0.2, 0.25) is 5.91 Å². The fourth-order valence-electron chi connectivity index (χ4n) is 4.30. The monoisotopic (exact) mass is 430 g/mol. The Morgan fingerprint density at radius 2 is 1.89 bits per heavy atom. The normalized spacial score (nSPS) is 25.9. The second-order valence-electron chi connectivity index (χ2n) is 7.26. The van der Waals surface area contributed by atoms with E-state index in [4.69, 9.17) is 4.74 Å². The molecule has 0 aromatic heterocycles. The summed E-state index contributed by atoms with van der Waals surface area (Å²) in [6.45, 7) is 6.43. The molecule has 0 spiro atoms. The van der Waals surface area contributed by atoms with Crippen molar-refractivity contribution in [3.8, 4) is 0 Å². The lowest BCUT2D eigenvalue weighted by Gasteiger charge is -2.41. The lowest BCUT2D eigenvalue weighted by Crippen LogP contribution is -2.49. The number of carbonyl (C=O) groups excluding carboxylic acids is 2. The van der Waals surface area contributed by atoms with Crippen molar-refractivity contribution < 1.29 is 14.3 Å². The van der Waals surface area contributed by atoms with E-state index in [1.54, 1.807) is 0 Å². The maximum atomic E-state index is 13.4. The second-order valence-corrected chi connectivity index (χ2v) is 8.18. The van der Waals surface area contributed by atoms with Crippen LogP contribution in [0.4, 0.5) is 0 Å². The minimum absolute atomic E-state index is 0.0219. The topological polar surface area (TPSA) is 58.6 Å². The molecule has 0 saturated carbocycles. The van der Waals surface area contributed by atoms with Crippen molar-refractivity contribution in [3.05, 3.63) is 57.8 Å². The lowest BCUT2D eigenvalue weighted by molar-refractivity contribution is -0.139. The number of ether oxygens (including phenoxy) is 1. The van der Waals surface area contributed by atoms with E-state index in [9.17, 15) is 9.59 Å². The van der Waals surface area contributed by atoms with E-state index in [2.05, 4.69) is 27.8 Å². The number of Topliss-reactive ketones (excluding diaryl/α,β-unsaturated/α-hetero) is 1. The maximum Gasteiger partial charge on any atom is 0.232 e. The van der Waals surface area contributed by atoms with Gasteiger partial charge in [-0.25, -0.2) is 0 Å². The zero-order valence-electron chi connectivity index (χ0n) is 15.2. The van der Waals surface area contributed by atoms with Crippen LogP contribution >= 0.6 is 15.9 Å². The van der Waals surface area contributed by atoms with E-state index < -0.39 is 5.92 Å². The molecule has 1 N–H and O–H groups in total. The number of carbonyl (C=O) groups is 2. The molecule has 2 heterocycles. The number of ketones is 1. The van der Waals surface area contributed by atoms with Crippen LogP contribution in [0.25, 0.3) is 0 Å². The number of hydrogen-bond acceptors (Lipinski definition) is 4. The third kappa shape index (κ3) is 3.48. The minimum Gasteiger partial charge on any atom is -0.378 e. The van der Waals surface area contributed by atoms with Gasteiger partial charge in [0, 0.05) is 46.9 Å². The van der Waals surface area contributed by atoms with E-state index in [1.165, 1.54) is 0 Å². The van der Waals surface area contributed by atoms with Crippen LogP contribution in [-0.2, 0) is 14.3 Å². The van der Waals surface area contributed by atoms with Crippen LogP contribution in [-0.4, -0.2) is 42.9 Å². The van der Waals surface area contributed by atoms with E-state index in [0.717, 1.165) is 34.1 Å². The third-order valence-corrected chi connectivity index (χ3v) is 6.13. The SMILES string of the molecule is C=C1NC2=C(C(=O)CCC2)C(c2ccc(Br)cc2)C1C(=O)N1CCOCC1. The summed E-state index contributed by atoms with van der Waals surface area (Å²) in [5.74, 6) is -0.604. The van der Waals surface area contributed by atoms with Crippen molar-refractivity contribution >= 4 is 27.6 Å². The zero-order chi connectivity index (χ0) is 19.0. The van der Waals surface area contributed by atoms with Crippen molar-refractivity contribution in [1.29, 1.82) is 0 Å². The van der Waals surface area contributed by atoms with Gasteiger partial charge in [-0.1, -0.05) is 34.6 Å². The highest BCUT2D eigenvalue weighted by Gasteiger charge is 2.44. The summed E-state index contributed by atoms with van der Waals surface area (Å²) in [5.41, 5.74) is 3.38. The molecule has 0 radical (unpaired) electrons. The number of amides is 1. The first-order valence-corrected chi connectivity index (χ1v) is 10.2. The Balaban J connectivity index is 1.79. The largest absolute Gasteiger partial charge is 0.378 e. The Bertz CT molecular complexity index is 809. The number of nitrogens with zero attached hydrogens (tertiary/aromatic N) is 1. The van der Waals surface area contributed by atoms with Gasteiger partial charge in [-0.15, -0.1) is 0 Å². The van der Waals surface area contributed by atoms with Crippen LogP contribution in [0, 0.1) is 5.92 Å². The van der Waals surface area contributed by atoms with Crippen molar-refractivity contribution in [1.82, 2.24) is 10.2 Å². The van der Waals surface area contributed by atoms with Gasteiger partial charge in [0.05, 0.1) is 19.1 Å². The molecule has 6 heteroatoms. The summed E-state index contributed by atoms with van der Waals surface area (Å²) >= 11 is 3.47. The summed E-state index contributed by atoms with van der Waals surface area (Å²) in [6, 6.07) is 7.92. The standard InChI is InChI=1S/C21H23BrN2O3/c1-13-18(21(26)24-9-11-27-12-10-24)19(14-5-7-15(22)8-6-14)20-16(23-13)3-2-4-17(20)25/h5-8,18-19,23H,1-4,9-12H2. The molecule has 1 saturated heterocycles.